The van der Waals surface area contributed by atoms with Crippen LogP contribution in [-0.4, -0.2) is 37.3 Å². The summed E-state index contributed by atoms with van der Waals surface area (Å²) in [5.74, 6) is 1.32. The molecular formula is C14H29NOS. The lowest BCUT2D eigenvalue weighted by Crippen LogP contribution is -2.39. The quantitative estimate of drug-likeness (QED) is 0.641. The second-order valence-electron chi connectivity index (χ2n) is 5.01. The van der Waals surface area contributed by atoms with Gasteiger partial charge >= 0.3 is 0 Å². The van der Waals surface area contributed by atoms with E-state index in [-0.39, 0.29) is 0 Å². The predicted octanol–water partition coefficient (Wildman–Crippen LogP) is 3.46. The largest absolute Gasteiger partial charge is 0.378 e. The van der Waals surface area contributed by atoms with Gasteiger partial charge in [-0.3, -0.25) is 0 Å². The van der Waals surface area contributed by atoms with Crippen LogP contribution in [0, 0.1) is 0 Å². The Hall–Kier alpha value is 0.270. The molecule has 17 heavy (non-hydrogen) atoms. The van der Waals surface area contributed by atoms with E-state index in [1.54, 1.807) is 0 Å². The van der Waals surface area contributed by atoms with Gasteiger partial charge in [0.2, 0.25) is 0 Å². The molecule has 1 aliphatic rings. The number of ether oxygens (including phenoxy) is 1. The summed E-state index contributed by atoms with van der Waals surface area (Å²) in [6.45, 7) is 4.39. The van der Waals surface area contributed by atoms with Crippen molar-refractivity contribution >= 4 is 11.8 Å². The third kappa shape index (κ3) is 7.32. The van der Waals surface area contributed by atoms with Crippen molar-refractivity contribution < 1.29 is 4.74 Å². The first-order valence-corrected chi connectivity index (χ1v) is 8.60. The highest BCUT2D eigenvalue weighted by Gasteiger charge is 2.20. The fourth-order valence-electron chi connectivity index (χ4n) is 2.44. The Morgan fingerprint density at radius 2 is 2.18 bits per heavy atom. The minimum absolute atomic E-state index is 0.516. The maximum atomic E-state index is 5.77. The van der Waals surface area contributed by atoms with Crippen molar-refractivity contribution in [3.05, 3.63) is 0 Å². The van der Waals surface area contributed by atoms with E-state index in [0.29, 0.717) is 12.1 Å². The number of hydrogen-bond donors (Lipinski definition) is 1. The Kier molecular flexibility index (Phi) is 9.21. The molecule has 102 valence electrons. The molecule has 1 rings (SSSR count). The number of thioether (sulfide) groups is 1. The van der Waals surface area contributed by atoms with Crippen molar-refractivity contribution in [1.29, 1.82) is 0 Å². The molecule has 0 saturated carbocycles. The molecule has 0 radical (unpaired) electrons. The van der Waals surface area contributed by atoms with Crippen LogP contribution in [0.3, 0.4) is 0 Å². The molecule has 2 unspecified atom stereocenters. The highest BCUT2D eigenvalue weighted by Crippen LogP contribution is 2.17. The second kappa shape index (κ2) is 10.2. The van der Waals surface area contributed by atoms with E-state index in [9.17, 15) is 0 Å². The molecule has 1 saturated heterocycles. The summed E-state index contributed by atoms with van der Waals surface area (Å²) in [6.07, 6.45) is 11.7. The average molecular weight is 259 g/mol. The van der Waals surface area contributed by atoms with Gasteiger partial charge in [0.15, 0.2) is 0 Å². The number of unbranched alkanes of at least 4 members (excludes halogenated alkanes) is 2. The van der Waals surface area contributed by atoms with E-state index in [4.69, 9.17) is 4.74 Å². The molecule has 1 N–H and O–H groups in total. The van der Waals surface area contributed by atoms with Gasteiger partial charge in [-0.2, -0.15) is 11.8 Å². The van der Waals surface area contributed by atoms with Gasteiger partial charge in [-0.05, 0) is 50.7 Å². The molecule has 0 aliphatic carbocycles. The van der Waals surface area contributed by atoms with Crippen LogP contribution in [0.2, 0.25) is 0 Å². The van der Waals surface area contributed by atoms with Crippen LogP contribution >= 0.6 is 11.8 Å². The van der Waals surface area contributed by atoms with Gasteiger partial charge in [-0.15, -0.1) is 0 Å². The summed E-state index contributed by atoms with van der Waals surface area (Å²) in [7, 11) is 0. The monoisotopic (exact) mass is 259 g/mol. The van der Waals surface area contributed by atoms with Crippen molar-refractivity contribution in [2.75, 3.05) is 25.2 Å². The van der Waals surface area contributed by atoms with E-state index in [0.717, 1.165) is 6.61 Å². The highest BCUT2D eigenvalue weighted by molar-refractivity contribution is 7.98. The first kappa shape index (κ1) is 15.3. The van der Waals surface area contributed by atoms with Crippen LogP contribution in [0.25, 0.3) is 0 Å². The minimum atomic E-state index is 0.516. The second-order valence-corrected chi connectivity index (χ2v) is 6.00. The summed E-state index contributed by atoms with van der Waals surface area (Å²) in [5.41, 5.74) is 0. The van der Waals surface area contributed by atoms with Crippen LogP contribution in [0.15, 0.2) is 0 Å². The lowest BCUT2D eigenvalue weighted by atomic mass is 10.00. The topological polar surface area (TPSA) is 21.3 Å². The van der Waals surface area contributed by atoms with Gasteiger partial charge in [0, 0.05) is 12.6 Å². The normalized spacial score (nSPS) is 25.1. The molecule has 2 atom stereocenters. The molecule has 0 aromatic rings. The third-order valence-electron chi connectivity index (χ3n) is 3.44. The van der Waals surface area contributed by atoms with Crippen LogP contribution < -0.4 is 5.32 Å². The van der Waals surface area contributed by atoms with Crippen molar-refractivity contribution in [1.82, 2.24) is 5.32 Å². The fourth-order valence-corrected chi connectivity index (χ4v) is 2.94. The van der Waals surface area contributed by atoms with Gasteiger partial charge in [-0.25, -0.2) is 0 Å². The van der Waals surface area contributed by atoms with Crippen LogP contribution in [-0.2, 0) is 4.74 Å². The maximum absolute atomic E-state index is 5.77. The molecule has 0 bridgehead atoms. The molecular weight excluding hydrogens is 230 g/mol. The smallest absolute Gasteiger partial charge is 0.0589 e. The maximum Gasteiger partial charge on any atom is 0.0589 e. The van der Waals surface area contributed by atoms with Crippen molar-refractivity contribution in [3.8, 4) is 0 Å². The van der Waals surface area contributed by atoms with Crippen molar-refractivity contribution in [3.63, 3.8) is 0 Å². The zero-order valence-corrected chi connectivity index (χ0v) is 12.4. The Morgan fingerprint density at radius 1 is 1.29 bits per heavy atom. The Morgan fingerprint density at radius 3 is 2.94 bits per heavy atom. The molecule has 1 heterocycles. The zero-order valence-electron chi connectivity index (χ0n) is 11.5. The predicted molar refractivity (Wildman–Crippen MR) is 77.9 cm³/mol. The van der Waals surface area contributed by atoms with Crippen molar-refractivity contribution in [2.45, 2.75) is 64.0 Å². The first-order chi connectivity index (χ1) is 8.36. The van der Waals surface area contributed by atoms with Gasteiger partial charge in [0.05, 0.1) is 6.10 Å². The van der Waals surface area contributed by atoms with Gasteiger partial charge in [-0.1, -0.05) is 19.8 Å². The molecule has 1 aliphatic heterocycles. The van der Waals surface area contributed by atoms with Crippen LogP contribution in [0.5, 0.6) is 0 Å². The Bertz CT molecular complexity index is 176. The molecule has 0 aromatic heterocycles. The lowest BCUT2D eigenvalue weighted by Gasteiger charge is -2.30. The average Bonchev–Trinajstić information content (AvgIpc) is 2.35. The summed E-state index contributed by atoms with van der Waals surface area (Å²) in [4.78, 5) is 0. The molecule has 2 nitrogen and oxygen atoms in total. The standard InChI is InChI=1S/C14H29NOS/c1-3-7-14-12-13(8-10-16-14)15-9-5-4-6-11-17-2/h13-15H,3-12H2,1-2H3. The van der Waals surface area contributed by atoms with Crippen LogP contribution in [0.4, 0.5) is 0 Å². The van der Waals surface area contributed by atoms with E-state index in [2.05, 4.69) is 18.5 Å². The molecule has 0 spiro atoms. The van der Waals surface area contributed by atoms with E-state index in [1.807, 2.05) is 11.8 Å². The molecule has 1 fully saturated rings. The van der Waals surface area contributed by atoms with E-state index in [1.165, 1.54) is 57.2 Å². The van der Waals surface area contributed by atoms with Gasteiger partial charge in [0.1, 0.15) is 0 Å². The molecule has 3 heteroatoms. The van der Waals surface area contributed by atoms with Crippen molar-refractivity contribution in [2.24, 2.45) is 0 Å². The lowest BCUT2D eigenvalue weighted by molar-refractivity contribution is -0.00311. The molecule has 0 aromatic carbocycles. The number of rotatable bonds is 9. The Balaban J connectivity index is 1.98. The number of nitrogens with one attached hydrogen (secondary N) is 1. The third-order valence-corrected chi connectivity index (χ3v) is 4.13. The first-order valence-electron chi connectivity index (χ1n) is 7.20. The van der Waals surface area contributed by atoms with Gasteiger partial charge in [0.25, 0.3) is 0 Å². The minimum Gasteiger partial charge on any atom is -0.378 e. The van der Waals surface area contributed by atoms with Gasteiger partial charge < -0.3 is 10.1 Å². The highest BCUT2D eigenvalue weighted by atomic mass is 32.2. The summed E-state index contributed by atoms with van der Waals surface area (Å²) in [5, 5.41) is 3.70. The van der Waals surface area contributed by atoms with E-state index >= 15 is 0 Å². The summed E-state index contributed by atoms with van der Waals surface area (Å²) in [6, 6.07) is 0.709. The Labute approximate surface area is 111 Å². The number of hydrogen-bond acceptors (Lipinski definition) is 3. The SMILES string of the molecule is CCCC1CC(NCCCCCSC)CCO1. The summed E-state index contributed by atoms with van der Waals surface area (Å²) < 4.78 is 5.77. The molecule has 0 amide bonds. The summed E-state index contributed by atoms with van der Waals surface area (Å²) >= 11 is 1.96. The van der Waals surface area contributed by atoms with E-state index < -0.39 is 0 Å². The van der Waals surface area contributed by atoms with Crippen LogP contribution in [0.1, 0.15) is 51.9 Å². The fraction of sp³-hybridized carbons (Fsp3) is 1.00. The zero-order chi connectivity index (χ0) is 12.3.